The first kappa shape index (κ1) is 16.8. The van der Waals surface area contributed by atoms with Gasteiger partial charge in [-0.1, -0.05) is 69.4 Å². The van der Waals surface area contributed by atoms with Crippen molar-refractivity contribution >= 4 is 0 Å². The average molecular weight is 334 g/mol. The van der Waals surface area contributed by atoms with Gasteiger partial charge in [-0.3, -0.25) is 4.98 Å². The molecule has 0 spiro atoms. The van der Waals surface area contributed by atoms with E-state index < -0.39 is 0 Å². The molecule has 1 heterocycles. The SMILES string of the molecule is Cc1cc(CC2CCCCC2)nc(C[C@@H]2C[C@@]2(C)c2ccccc2)c1. The van der Waals surface area contributed by atoms with E-state index in [4.69, 9.17) is 4.98 Å². The average Bonchev–Trinajstić information content (AvgIpc) is 3.27. The number of nitrogens with zero attached hydrogens (tertiary/aromatic N) is 1. The van der Waals surface area contributed by atoms with Crippen LogP contribution in [0.1, 0.15) is 68.0 Å². The van der Waals surface area contributed by atoms with Gasteiger partial charge in [-0.25, -0.2) is 0 Å². The second-order valence-electron chi connectivity index (χ2n) is 8.72. The van der Waals surface area contributed by atoms with E-state index in [0.717, 1.165) is 18.3 Å². The molecule has 2 fully saturated rings. The van der Waals surface area contributed by atoms with Crippen molar-refractivity contribution in [3.05, 3.63) is 65.0 Å². The van der Waals surface area contributed by atoms with Crippen LogP contribution < -0.4 is 0 Å². The molecule has 2 aliphatic rings. The summed E-state index contributed by atoms with van der Waals surface area (Å²) in [6.45, 7) is 4.66. The Morgan fingerprint density at radius 3 is 2.36 bits per heavy atom. The molecule has 0 unspecified atom stereocenters. The normalized spacial score (nSPS) is 26.6. The number of hydrogen-bond donors (Lipinski definition) is 0. The molecule has 2 aliphatic carbocycles. The second-order valence-corrected chi connectivity index (χ2v) is 8.72. The molecule has 1 nitrogen and oxygen atoms in total. The summed E-state index contributed by atoms with van der Waals surface area (Å²) < 4.78 is 0. The summed E-state index contributed by atoms with van der Waals surface area (Å²) >= 11 is 0. The lowest BCUT2D eigenvalue weighted by Gasteiger charge is -2.21. The van der Waals surface area contributed by atoms with E-state index in [9.17, 15) is 0 Å². The molecule has 0 aliphatic heterocycles. The van der Waals surface area contributed by atoms with Crippen LogP contribution in [-0.4, -0.2) is 4.98 Å². The highest BCUT2D eigenvalue weighted by atomic mass is 14.7. The van der Waals surface area contributed by atoms with Gasteiger partial charge in [0.05, 0.1) is 0 Å². The van der Waals surface area contributed by atoms with Gasteiger partial charge in [0, 0.05) is 11.4 Å². The zero-order valence-electron chi connectivity index (χ0n) is 15.8. The molecule has 1 aromatic heterocycles. The second kappa shape index (κ2) is 6.94. The number of aromatic nitrogens is 1. The van der Waals surface area contributed by atoms with Gasteiger partial charge in [-0.2, -0.15) is 0 Å². The Labute approximate surface area is 152 Å². The van der Waals surface area contributed by atoms with Crippen LogP contribution in [0.25, 0.3) is 0 Å². The third-order valence-electron chi connectivity index (χ3n) is 6.60. The van der Waals surface area contributed by atoms with Gasteiger partial charge in [0.2, 0.25) is 0 Å². The van der Waals surface area contributed by atoms with Crippen molar-refractivity contribution in [2.24, 2.45) is 11.8 Å². The predicted octanol–water partition coefficient (Wildman–Crippen LogP) is 6.03. The van der Waals surface area contributed by atoms with Gasteiger partial charge in [0.15, 0.2) is 0 Å². The highest BCUT2D eigenvalue weighted by molar-refractivity contribution is 5.34. The number of pyridine rings is 1. The fourth-order valence-electron chi connectivity index (χ4n) is 4.89. The lowest BCUT2D eigenvalue weighted by molar-refractivity contribution is 0.354. The highest BCUT2D eigenvalue weighted by Crippen LogP contribution is 2.55. The molecule has 4 rings (SSSR count). The van der Waals surface area contributed by atoms with E-state index >= 15 is 0 Å². The zero-order chi connectivity index (χ0) is 17.3. The Balaban J connectivity index is 1.44. The number of aryl methyl sites for hydroxylation is 1. The highest BCUT2D eigenvalue weighted by Gasteiger charge is 2.50. The maximum Gasteiger partial charge on any atom is 0.0412 e. The summed E-state index contributed by atoms with van der Waals surface area (Å²) in [6, 6.07) is 15.7. The van der Waals surface area contributed by atoms with Crippen molar-refractivity contribution in [3.63, 3.8) is 0 Å². The van der Waals surface area contributed by atoms with E-state index in [1.54, 1.807) is 0 Å². The molecule has 2 aromatic rings. The Morgan fingerprint density at radius 1 is 0.960 bits per heavy atom. The van der Waals surface area contributed by atoms with Gasteiger partial charge in [0.1, 0.15) is 0 Å². The minimum Gasteiger partial charge on any atom is -0.258 e. The van der Waals surface area contributed by atoms with Crippen molar-refractivity contribution in [3.8, 4) is 0 Å². The van der Waals surface area contributed by atoms with E-state index in [0.29, 0.717) is 5.41 Å². The molecule has 0 saturated heterocycles. The summed E-state index contributed by atoms with van der Waals surface area (Å²) in [5.41, 5.74) is 5.89. The lowest BCUT2D eigenvalue weighted by Crippen LogP contribution is -2.12. The van der Waals surface area contributed by atoms with Crippen molar-refractivity contribution in [2.75, 3.05) is 0 Å². The molecule has 1 aromatic carbocycles. The molecule has 0 radical (unpaired) electrons. The van der Waals surface area contributed by atoms with Crippen LogP contribution in [0, 0.1) is 18.8 Å². The first-order valence-corrected chi connectivity index (χ1v) is 10.2. The van der Waals surface area contributed by atoms with E-state index in [1.807, 2.05) is 0 Å². The van der Waals surface area contributed by atoms with Crippen molar-refractivity contribution in [1.29, 1.82) is 0 Å². The summed E-state index contributed by atoms with van der Waals surface area (Å²) in [5.74, 6) is 1.61. The first-order chi connectivity index (χ1) is 12.1. The molecule has 2 atom stereocenters. The standard InChI is InChI=1S/C24H31N/c1-18-13-22(15-19-9-5-3-6-10-19)25-23(14-18)16-21-17-24(21,2)20-11-7-4-8-12-20/h4,7-8,11-14,19,21H,3,5-6,9-10,15-17H2,1-2H3/t21-,24+/m1/s1. The maximum atomic E-state index is 5.07. The number of rotatable bonds is 5. The van der Waals surface area contributed by atoms with Gasteiger partial charge in [-0.05, 0) is 66.7 Å². The maximum absolute atomic E-state index is 5.07. The summed E-state index contributed by atoms with van der Waals surface area (Å²) in [6.07, 6.45) is 10.7. The quantitative estimate of drug-likeness (QED) is 0.650. The summed E-state index contributed by atoms with van der Waals surface area (Å²) in [5, 5.41) is 0. The monoisotopic (exact) mass is 333 g/mol. The van der Waals surface area contributed by atoms with Crippen molar-refractivity contribution < 1.29 is 0 Å². The Hall–Kier alpha value is -1.63. The molecule has 0 amide bonds. The van der Waals surface area contributed by atoms with E-state index in [-0.39, 0.29) is 0 Å². The van der Waals surface area contributed by atoms with Crippen molar-refractivity contribution in [2.45, 2.75) is 70.6 Å². The molecule has 1 heteroatoms. The first-order valence-electron chi connectivity index (χ1n) is 10.2. The third kappa shape index (κ3) is 3.81. The Kier molecular flexibility index (Phi) is 4.67. The van der Waals surface area contributed by atoms with Crippen LogP contribution in [0.4, 0.5) is 0 Å². The number of benzene rings is 1. The van der Waals surface area contributed by atoms with Gasteiger partial charge >= 0.3 is 0 Å². The van der Waals surface area contributed by atoms with Crippen LogP contribution in [0.5, 0.6) is 0 Å². The van der Waals surface area contributed by atoms with Crippen molar-refractivity contribution in [1.82, 2.24) is 4.98 Å². The van der Waals surface area contributed by atoms with Crippen LogP contribution in [0.3, 0.4) is 0 Å². The lowest BCUT2D eigenvalue weighted by atomic mass is 9.86. The largest absolute Gasteiger partial charge is 0.258 e. The topological polar surface area (TPSA) is 12.9 Å². The molecule has 0 N–H and O–H groups in total. The van der Waals surface area contributed by atoms with Crippen LogP contribution in [-0.2, 0) is 18.3 Å². The number of hydrogen-bond acceptors (Lipinski definition) is 1. The predicted molar refractivity (Wildman–Crippen MR) is 105 cm³/mol. The molecule has 25 heavy (non-hydrogen) atoms. The van der Waals surface area contributed by atoms with Crippen LogP contribution >= 0.6 is 0 Å². The summed E-state index contributed by atoms with van der Waals surface area (Å²) in [7, 11) is 0. The molecule has 132 valence electrons. The van der Waals surface area contributed by atoms with Gasteiger partial charge in [-0.15, -0.1) is 0 Å². The van der Waals surface area contributed by atoms with E-state index in [1.165, 1.54) is 67.5 Å². The molecule has 2 saturated carbocycles. The zero-order valence-corrected chi connectivity index (χ0v) is 15.8. The fourth-order valence-corrected chi connectivity index (χ4v) is 4.89. The van der Waals surface area contributed by atoms with E-state index in [2.05, 4.69) is 56.3 Å². The van der Waals surface area contributed by atoms with Gasteiger partial charge < -0.3 is 0 Å². The molecular formula is C24H31N. The molecule has 0 bridgehead atoms. The summed E-state index contributed by atoms with van der Waals surface area (Å²) in [4.78, 5) is 5.07. The Bertz CT molecular complexity index is 714. The minimum atomic E-state index is 0.357. The third-order valence-corrected chi connectivity index (χ3v) is 6.60. The fraction of sp³-hybridized carbons (Fsp3) is 0.542. The van der Waals surface area contributed by atoms with Crippen LogP contribution in [0.15, 0.2) is 42.5 Å². The van der Waals surface area contributed by atoms with Crippen LogP contribution in [0.2, 0.25) is 0 Å². The molecular weight excluding hydrogens is 302 g/mol. The smallest absolute Gasteiger partial charge is 0.0412 e. The Morgan fingerprint density at radius 2 is 1.64 bits per heavy atom. The van der Waals surface area contributed by atoms with Gasteiger partial charge in [0.25, 0.3) is 0 Å². The minimum absolute atomic E-state index is 0.357.